The van der Waals surface area contributed by atoms with Crippen molar-refractivity contribution in [2.75, 3.05) is 13.2 Å². The van der Waals surface area contributed by atoms with Crippen molar-refractivity contribution in [2.45, 2.75) is 30.8 Å². The summed E-state index contributed by atoms with van der Waals surface area (Å²) in [5, 5.41) is 18.0. The Balaban J connectivity index is 2.72. The number of nitrogens with two attached hydrogens (primary N) is 2. The van der Waals surface area contributed by atoms with Crippen LogP contribution in [0.2, 0.25) is 0 Å². The molecule has 0 spiro atoms. The molecule has 0 saturated heterocycles. The lowest BCUT2D eigenvalue weighted by Gasteiger charge is -2.22. The van der Waals surface area contributed by atoms with E-state index in [1.165, 1.54) is 0 Å². The Morgan fingerprint density at radius 3 is 1.88 bits per heavy atom. The van der Waals surface area contributed by atoms with Crippen LogP contribution in [0.5, 0.6) is 0 Å². The van der Waals surface area contributed by atoms with Crippen LogP contribution in [0.4, 0.5) is 0 Å². The lowest BCUT2D eigenvalue weighted by molar-refractivity contribution is 0.235. The molecule has 5 nitrogen and oxygen atoms in total. The van der Waals surface area contributed by atoms with Crippen molar-refractivity contribution in [3.63, 3.8) is 0 Å². The van der Waals surface area contributed by atoms with Crippen LogP contribution in [0.3, 0.4) is 0 Å². The lowest BCUT2D eigenvalue weighted by atomic mass is 9.88. The number of aliphatic hydroxyl groups excluding tert-OH is 2. The molecule has 0 aliphatic heterocycles. The van der Waals surface area contributed by atoms with E-state index in [0.717, 1.165) is 5.56 Å². The second kappa shape index (κ2) is 7.34. The summed E-state index contributed by atoms with van der Waals surface area (Å²) in [7, 11) is 0. The number of hydrogen-bond donors (Lipinski definition) is 4. The zero-order valence-electron chi connectivity index (χ0n) is 9.87. The summed E-state index contributed by atoms with van der Waals surface area (Å²) in [4.78, 5) is 3.97. The summed E-state index contributed by atoms with van der Waals surface area (Å²) in [6.45, 7) is -0.0914. The average molecular weight is 239 g/mol. The Kier molecular flexibility index (Phi) is 6.07. The number of aromatic nitrogens is 1. The van der Waals surface area contributed by atoms with Gasteiger partial charge in [0.2, 0.25) is 0 Å². The summed E-state index contributed by atoms with van der Waals surface area (Å²) in [6, 6.07) is 3.30. The van der Waals surface area contributed by atoms with Gasteiger partial charge in [-0.2, -0.15) is 0 Å². The Hall–Kier alpha value is -1.01. The lowest BCUT2D eigenvalue weighted by Crippen LogP contribution is -2.31. The van der Waals surface area contributed by atoms with Gasteiger partial charge in [-0.15, -0.1) is 0 Å². The molecule has 0 bridgehead atoms. The van der Waals surface area contributed by atoms with Crippen molar-refractivity contribution in [1.82, 2.24) is 4.98 Å². The number of pyridine rings is 1. The van der Waals surface area contributed by atoms with E-state index in [-0.39, 0.29) is 31.2 Å². The van der Waals surface area contributed by atoms with Gasteiger partial charge in [0.1, 0.15) is 0 Å². The van der Waals surface area contributed by atoms with Gasteiger partial charge in [0.25, 0.3) is 0 Å². The maximum atomic E-state index is 9.00. The third kappa shape index (κ3) is 4.79. The van der Waals surface area contributed by atoms with Crippen LogP contribution >= 0.6 is 0 Å². The maximum absolute atomic E-state index is 9.00. The third-order valence-electron chi connectivity index (χ3n) is 2.82. The minimum absolute atomic E-state index is 0.0457. The van der Waals surface area contributed by atoms with Crippen LogP contribution in [0.15, 0.2) is 24.5 Å². The number of rotatable bonds is 7. The Morgan fingerprint density at radius 1 is 1.00 bits per heavy atom. The van der Waals surface area contributed by atoms with E-state index in [0.29, 0.717) is 12.8 Å². The normalized spacial score (nSPS) is 16.5. The second-order valence-corrected chi connectivity index (χ2v) is 4.33. The first kappa shape index (κ1) is 14.1. The average Bonchev–Trinajstić information content (AvgIpc) is 2.38. The van der Waals surface area contributed by atoms with Gasteiger partial charge < -0.3 is 21.7 Å². The van der Waals surface area contributed by atoms with Crippen LogP contribution in [0.1, 0.15) is 24.3 Å². The number of hydrogen-bond acceptors (Lipinski definition) is 5. The standard InChI is InChI=1S/C12H21N3O2/c13-11(7-16)5-10(6-12(14)8-17)9-1-3-15-4-2-9/h1-4,10-12,16-17H,5-8,13-14H2. The molecule has 0 aromatic carbocycles. The van der Waals surface area contributed by atoms with Crippen molar-refractivity contribution < 1.29 is 10.2 Å². The zero-order chi connectivity index (χ0) is 12.7. The van der Waals surface area contributed by atoms with Crippen LogP contribution in [0.25, 0.3) is 0 Å². The molecule has 0 radical (unpaired) electrons. The Morgan fingerprint density at radius 2 is 1.47 bits per heavy atom. The Bertz CT molecular complexity index is 296. The maximum Gasteiger partial charge on any atom is 0.0582 e. The highest BCUT2D eigenvalue weighted by atomic mass is 16.3. The van der Waals surface area contributed by atoms with Crippen molar-refractivity contribution in [3.05, 3.63) is 30.1 Å². The van der Waals surface area contributed by atoms with Gasteiger partial charge >= 0.3 is 0 Å². The molecule has 2 unspecified atom stereocenters. The van der Waals surface area contributed by atoms with E-state index in [2.05, 4.69) is 4.98 Å². The number of nitrogens with zero attached hydrogens (tertiary/aromatic N) is 1. The van der Waals surface area contributed by atoms with E-state index in [1.54, 1.807) is 12.4 Å². The zero-order valence-corrected chi connectivity index (χ0v) is 9.87. The van der Waals surface area contributed by atoms with E-state index in [1.807, 2.05) is 12.1 Å². The third-order valence-corrected chi connectivity index (χ3v) is 2.82. The molecule has 1 aromatic heterocycles. The minimum Gasteiger partial charge on any atom is -0.395 e. The van der Waals surface area contributed by atoms with Gasteiger partial charge in [-0.1, -0.05) is 0 Å². The van der Waals surface area contributed by atoms with Gasteiger partial charge in [0, 0.05) is 24.5 Å². The first-order chi connectivity index (χ1) is 8.17. The van der Waals surface area contributed by atoms with Crippen LogP contribution in [0, 0.1) is 0 Å². The quantitative estimate of drug-likeness (QED) is 0.517. The predicted octanol–water partition coefficient (Wildman–Crippen LogP) is -0.415. The van der Waals surface area contributed by atoms with Gasteiger partial charge in [0.05, 0.1) is 13.2 Å². The summed E-state index contributed by atoms with van der Waals surface area (Å²) in [6.07, 6.45) is 4.73. The summed E-state index contributed by atoms with van der Waals surface area (Å²) < 4.78 is 0. The first-order valence-electron chi connectivity index (χ1n) is 5.80. The molecule has 6 N–H and O–H groups in total. The fraction of sp³-hybridized carbons (Fsp3) is 0.583. The van der Waals surface area contributed by atoms with E-state index >= 15 is 0 Å². The smallest absolute Gasteiger partial charge is 0.0582 e. The highest BCUT2D eigenvalue weighted by molar-refractivity contribution is 5.16. The van der Waals surface area contributed by atoms with Crippen LogP contribution in [-0.2, 0) is 0 Å². The summed E-state index contributed by atoms with van der Waals surface area (Å²) >= 11 is 0. The molecule has 2 atom stereocenters. The highest BCUT2D eigenvalue weighted by Crippen LogP contribution is 2.25. The van der Waals surface area contributed by atoms with E-state index in [4.69, 9.17) is 21.7 Å². The van der Waals surface area contributed by atoms with Crippen molar-refractivity contribution in [1.29, 1.82) is 0 Å². The molecule has 0 amide bonds. The molecular weight excluding hydrogens is 218 g/mol. The van der Waals surface area contributed by atoms with E-state index < -0.39 is 0 Å². The molecule has 1 aromatic rings. The fourth-order valence-electron chi connectivity index (χ4n) is 1.88. The molecule has 96 valence electrons. The van der Waals surface area contributed by atoms with Gasteiger partial charge in [-0.05, 0) is 36.5 Å². The molecule has 5 heteroatoms. The molecule has 0 aliphatic carbocycles. The predicted molar refractivity (Wildman–Crippen MR) is 66.3 cm³/mol. The minimum atomic E-state index is -0.265. The molecule has 1 rings (SSSR count). The fourth-order valence-corrected chi connectivity index (χ4v) is 1.88. The van der Waals surface area contributed by atoms with E-state index in [9.17, 15) is 0 Å². The summed E-state index contributed by atoms with van der Waals surface area (Å²) in [5.41, 5.74) is 12.6. The van der Waals surface area contributed by atoms with Gasteiger partial charge in [0.15, 0.2) is 0 Å². The highest BCUT2D eigenvalue weighted by Gasteiger charge is 2.18. The number of aliphatic hydroxyl groups is 2. The van der Waals surface area contributed by atoms with Crippen LogP contribution < -0.4 is 11.5 Å². The molecule has 0 fully saturated rings. The topological polar surface area (TPSA) is 105 Å². The Labute approximate surface area is 101 Å². The first-order valence-corrected chi connectivity index (χ1v) is 5.80. The van der Waals surface area contributed by atoms with Gasteiger partial charge in [-0.25, -0.2) is 0 Å². The van der Waals surface area contributed by atoms with Crippen molar-refractivity contribution in [3.8, 4) is 0 Å². The molecule has 0 saturated carbocycles. The SMILES string of the molecule is NC(CO)CC(CC(N)CO)c1ccncc1. The molecule has 0 aliphatic rings. The monoisotopic (exact) mass is 239 g/mol. The van der Waals surface area contributed by atoms with Crippen molar-refractivity contribution in [2.24, 2.45) is 11.5 Å². The van der Waals surface area contributed by atoms with Gasteiger partial charge in [-0.3, -0.25) is 4.98 Å². The second-order valence-electron chi connectivity index (χ2n) is 4.33. The largest absolute Gasteiger partial charge is 0.395 e. The summed E-state index contributed by atoms with van der Waals surface area (Å²) in [5.74, 6) is 0.141. The molecule has 1 heterocycles. The molecule has 17 heavy (non-hydrogen) atoms. The van der Waals surface area contributed by atoms with Crippen molar-refractivity contribution >= 4 is 0 Å². The van der Waals surface area contributed by atoms with Crippen LogP contribution in [-0.4, -0.2) is 40.5 Å². The molecular formula is C12H21N3O2.